The van der Waals surface area contributed by atoms with Crippen molar-refractivity contribution in [2.24, 2.45) is 0 Å². The van der Waals surface area contributed by atoms with Gasteiger partial charge in [-0.2, -0.15) is 13.2 Å². The zero-order chi connectivity index (χ0) is 14.8. The summed E-state index contributed by atoms with van der Waals surface area (Å²) in [6.45, 7) is 2.09. The van der Waals surface area contributed by atoms with Gasteiger partial charge >= 0.3 is 6.18 Å². The van der Waals surface area contributed by atoms with Crippen molar-refractivity contribution in [3.05, 3.63) is 36.2 Å². The van der Waals surface area contributed by atoms with Crippen LogP contribution in [0.5, 0.6) is 0 Å². The Morgan fingerprint density at radius 2 is 2.00 bits per heavy atom. The Labute approximate surface area is 111 Å². The fraction of sp³-hybridized carbons (Fsp3) is 0.250. The number of nitrogens with one attached hydrogen (secondary N) is 1. The Bertz CT molecular complexity index is 613. The molecule has 0 aliphatic heterocycles. The minimum atomic E-state index is -4.70. The van der Waals surface area contributed by atoms with Crippen molar-refractivity contribution in [1.82, 2.24) is 15.0 Å². The number of halogens is 4. The molecule has 1 N–H and O–H groups in total. The SMILES string of the molecule is CCNc1cc(-c2ccncc2F)nc(C(F)(F)F)n1. The van der Waals surface area contributed by atoms with E-state index < -0.39 is 17.8 Å². The minimum Gasteiger partial charge on any atom is -0.370 e. The molecular formula is C12H10F4N4. The molecule has 2 rings (SSSR count). The second-order valence-corrected chi connectivity index (χ2v) is 3.85. The van der Waals surface area contributed by atoms with E-state index in [2.05, 4.69) is 20.3 Å². The molecule has 4 nitrogen and oxygen atoms in total. The Hall–Kier alpha value is -2.25. The van der Waals surface area contributed by atoms with Crippen LogP contribution in [0.3, 0.4) is 0 Å². The van der Waals surface area contributed by atoms with Crippen LogP contribution in [0.4, 0.5) is 23.4 Å². The molecular weight excluding hydrogens is 276 g/mol. The predicted octanol–water partition coefficient (Wildman–Crippen LogP) is 3.13. The quantitative estimate of drug-likeness (QED) is 0.881. The third kappa shape index (κ3) is 3.01. The van der Waals surface area contributed by atoms with E-state index in [0.29, 0.717) is 6.54 Å². The highest BCUT2D eigenvalue weighted by Gasteiger charge is 2.35. The second-order valence-electron chi connectivity index (χ2n) is 3.85. The first-order valence-corrected chi connectivity index (χ1v) is 5.72. The third-order valence-corrected chi connectivity index (χ3v) is 2.39. The van der Waals surface area contributed by atoms with E-state index in [9.17, 15) is 17.6 Å². The molecule has 0 amide bonds. The average Bonchev–Trinajstić information content (AvgIpc) is 2.38. The van der Waals surface area contributed by atoms with Gasteiger partial charge in [-0.15, -0.1) is 0 Å². The third-order valence-electron chi connectivity index (χ3n) is 2.39. The summed E-state index contributed by atoms with van der Waals surface area (Å²) in [6.07, 6.45) is -2.51. The molecule has 0 spiro atoms. The lowest BCUT2D eigenvalue weighted by atomic mass is 10.2. The van der Waals surface area contributed by atoms with Crippen molar-refractivity contribution in [2.45, 2.75) is 13.1 Å². The van der Waals surface area contributed by atoms with Gasteiger partial charge in [0.1, 0.15) is 5.82 Å². The van der Waals surface area contributed by atoms with E-state index in [1.807, 2.05) is 0 Å². The highest BCUT2D eigenvalue weighted by molar-refractivity contribution is 5.62. The molecule has 2 aromatic heterocycles. The Morgan fingerprint density at radius 3 is 2.60 bits per heavy atom. The molecule has 0 atom stereocenters. The molecule has 2 aromatic rings. The van der Waals surface area contributed by atoms with Gasteiger partial charge in [0.05, 0.1) is 11.9 Å². The fourth-order valence-corrected chi connectivity index (χ4v) is 1.57. The van der Waals surface area contributed by atoms with Gasteiger partial charge in [-0.3, -0.25) is 4.98 Å². The first-order chi connectivity index (χ1) is 9.41. The summed E-state index contributed by atoms with van der Waals surface area (Å²) in [7, 11) is 0. The molecule has 0 fully saturated rings. The summed E-state index contributed by atoms with van der Waals surface area (Å²) in [5.74, 6) is -2.08. The smallest absolute Gasteiger partial charge is 0.370 e. The fourth-order valence-electron chi connectivity index (χ4n) is 1.57. The molecule has 0 saturated carbocycles. The van der Waals surface area contributed by atoms with Crippen molar-refractivity contribution >= 4 is 5.82 Å². The number of rotatable bonds is 3. The van der Waals surface area contributed by atoms with Crippen LogP contribution in [-0.2, 0) is 6.18 Å². The van der Waals surface area contributed by atoms with Crippen molar-refractivity contribution in [3.8, 4) is 11.3 Å². The normalized spacial score (nSPS) is 11.4. The van der Waals surface area contributed by atoms with E-state index in [0.717, 1.165) is 6.20 Å². The van der Waals surface area contributed by atoms with Gasteiger partial charge in [0.25, 0.3) is 0 Å². The van der Waals surface area contributed by atoms with Crippen molar-refractivity contribution in [3.63, 3.8) is 0 Å². The molecule has 0 bridgehead atoms. The van der Waals surface area contributed by atoms with E-state index in [-0.39, 0.29) is 17.1 Å². The maximum absolute atomic E-state index is 13.6. The number of anilines is 1. The zero-order valence-electron chi connectivity index (χ0n) is 10.4. The summed E-state index contributed by atoms with van der Waals surface area (Å²) >= 11 is 0. The van der Waals surface area contributed by atoms with Crippen molar-refractivity contribution < 1.29 is 17.6 Å². The second kappa shape index (κ2) is 5.40. The van der Waals surface area contributed by atoms with Crippen molar-refractivity contribution in [1.29, 1.82) is 0 Å². The molecule has 2 heterocycles. The zero-order valence-corrected chi connectivity index (χ0v) is 10.4. The van der Waals surface area contributed by atoms with Gasteiger partial charge in [-0.25, -0.2) is 14.4 Å². The molecule has 0 aliphatic carbocycles. The van der Waals surface area contributed by atoms with Gasteiger partial charge in [0.2, 0.25) is 5.82 Å². The van der Waals surface area contributed by atoms with Crippen LogP contribution in [-0.4, -0.2) is 21.5 Å². The van der Waals surface area contributed by atoms with E-state index in [1.165, 1.54) is 18.3 Å². The number of alkyl halides is 3. The molecule has 20 heavy (non-hydrogen) atoms. The molecule has 0 radical (unpaired) electrons. The average molecular weight is 286 g/mol. The number of hydrogen-bond acceptors (Lipinski definition) is 4. The highest BCUT2D eigenvalue weighted by atomic mass is 19.4. The van der Waals surface area contributed by atoms with Gasteiger partial charge in [0, 0.05) is 24.4 Å². The summed E-state index contributed by atoms with van der Waals surface area (Å²) in [6, 6.07) is 2.52. The van der Waals surface area contributed by atoms with Crippen LogP contribution in [0.1, 0.15) is 12.7 Å². The van der Waals surface area contributed by atoms with Gasteiger partial charge in [0.15, 0.2) is 5.82 Å². The Kier molecular flexibility index (Phi) is 3.82. The highest BCUT2D eigenvalue weighted by Crippen LogP contribution is 2.30. The predicted molar refractivity (Wildman–Crippen MR) is 64.4 cm³/mol. The van der Waals surface area contributed by atoms with E-state index in [1.54, 1.807) is 6.92 Å². The summed E-state index contributed by atoms with van der Waals surface area (Å²) in [5.41, 5.74) is -0.213. The van der Waals surface area contributed by atoms with Gasteiger partial charge in [-0.1, -0.05) is 0 Å². The summed E-state index contributed by atoms with van der Waals surface area (Å²) in [4.78, 5) is 10.3. The Morgan fingerprint density at radius 1 is 1.25 bits per heavy atom. The summed E-state index contributed by atoms with van der Waals surface area (Å²) < 4.78 is 51.8. The molecule has 0 aliphatic rings. The standard InChI is InChI=1S/C12H10F4N4/c1-2-18-10-5-9(7-3-4-17-6-8(7)13)19-11(20-10)12(14,15)16/h3-6H,2H2,1H3,(H,18,19,20). The number of pyridine rings is 1. The maximum Gasteiger partial charge on any atom is 0.451 e. The molecule has 8 heteroatoms. The van der Waals surface area contributed by atoms with Crippen LogP contribution in [0, 0.1) is 5.82 Å². The van der Waals surface area contributed by atoms with Crippen LogP contribution in [0.2, 0.25) is 0 Å². The van der Waals surface area contributed by atoms with Crippen molar-refractivity contribution in [2.75, 3.05) is 11.9 Å². The lowest BCUT2D eigenvalue weighted by Crippen LogP contribution is -2.14. The Balaban J connectivity index is 2.58. The summed E-state index contributed by atoms with van der Waals surface area (Å²) in [5, 5.41) is 2.66. The topological polar surface area (TPSA) is 50.7 Å². The first kappa shape index (κ1) is 14.2. The van der Waals surface area contributed by atoms with Gasteiger partial charge in [-0.05, 0) is 13.0 Å². The number of nitrogens with zero attached hydrogens (tertiary/aromatic N) is 3. The largest absolute Gasteiger partial charge is 0.451 e. The van der Waals surface area contributed by atoms with Crippen LogP contribution in [0.15, 0.2) is 24.5 Å². The number of hydrogen-bond donors (Lipinski definition) is 1. The van der Waals surface area contributed by atoms with Crippen LogP contribution >= 0.6 is 0 Å². The van der Waals surface area contributed by atoms with Gasteiger partial charge < -0.3 is 5.32 Å². The number of aromatic nitrogens is 3. The molecule has 106 valence electrons. The molecule has 0 unspecified atom stereocenters. The maximum atomic E-state index is 13.6. The van der Waals surface area contributed by atoms with Crippen LogP contribution < -0.4 is 5.32 Å². The lowest BCUT2D eigenvalue weighted by Gasteiger charge is -2.11. The molecule has 0 aromatic carbocycles. The van der Waals surface area contributed by atoms with E-state index in [4.69, 9.17) is 0 Å². The minimum absolute atomic E-state index is 0.0129. The molecule has 0 saturated heterocycles. The monoisotopic (exact) mass is 286 g/mol. The van der Waals surface area contributed by atoms with Crippen LogP contribution in [0.25, 0.3) is 11.3 Å². The van der Waals surface area contributed by atoms with E-state index >= 15 is 0 Å². The lowest BCUT2D eigenvalue weighted by molar-refractivity contribution is -0.144. The first-order valence-electron chi connectivity index (χ1n) is 5.72.